The number of rotatable bonds is 3. The first-order valence-electron chi connectivity index (χ1n) is 6.04. The Kier molecular flexibility index (Phi) is 3.11. The standard InChI is InChI=1S/C14H18N2O2/c1-9(16-18)10-4-6-11(7-5-10)15-13(17)12-8-14(12,2)3/h4-7,12,18H,8H2,1-3H3,(H,15,17)/b16-9-. The van der Waals surface area contributed by atoms with Gasteiger partial charge < -0.3 is 10.5 Å². The highest BCUT2D eigenvalue weighted by Crippen LogP contribution is 2.51. The Balaban J connectivity index is 2.01. The van der Waals surface area contributed by atoms with Crippen LogP contribution in [0.5, 0.6) is 0 Å². The van der Waals surface area contributed by atoms with Crippen LogP contribution in [0.2, 0.25) is 0 Å². The van der Waals surface area contributed by atoms with E-state index in [0.717, 1.165) is 17.7 Å². The number of amides is 1. The molecule has 1 aromatic carbocycles. The van der Waals surface area contributed by atoms with E-state index in [2.05, 4.69) is 24.3 Å². The lowest BCUT2D eigenvalue weighted by atomic mass is 10.1. The predicted molar refractivity (Wildman–Crippen MR) is 71.0 cm³/mol. The molecule has 96 valence electrons. The van der Waals surface area contributed by atoms with Crippen molar-refractivity contribution in [3.63, 3.8) is 0 Å². The van der Waals surface area contributed by atoms with Crippen molar-refractivity contribution in [3.8, 4) is 0 Å². The molecule has 1 aliphatic rings. The van der Waals surface area contributed by atoms with E-state index < -0.39 is 0 Å². The molecule has 4 heteroatoms. The summed E-state index contributed by atoms with van der Waals surface area (Å²) in [4.78, 5) is 11.9. The van der Waals surface area contributed by atoms with Crippen molar-refractivity contribution in [1.82, 2.24) is 0 Å². The van der Waals surface area contributed by atoms with Crippen LogP contribution in [0.15, 0.2) is 29.4 Å². The number of hydrogen-bond acceptors (Lipinski definition) is 3. The average molecular weight is 246 g/mol. The normalized spacial score (nSPS) is 21.5. The van der Waals surface area contributed by atoms with Crippen molar-refractivity contribution in [1.29, 1.82) is 0 Å². The molecule has 1 unspecified atom stereocenters. The third-order valence-electron chi connectivity index (χ3n) is 3.55. The van der Waals surface area contributed by atoms with E-state index in [1.165, 1.54) is 0 Å². The molecule has 1 fully saturated rings. The zero-order valence-corrected chi connectivity index (χ0v) is 10.9. The SMILES string of the molecule is C/C(=N/O)c1ccc(NC(=O)C2CC2(C)C)cc1. The summed E-state index contributed by atoms with van der Waals surface area (Å²) in [5.41, 5.74) is 2.31. The van der Waals surface area contributed by atoms with Crippen molar-refractivity contribution >= 4 is 17.3 Å². The van der Waals surface area contributed by atoms with Gasteiger partial charge in [-0.25, -0.2) is 0 Å². The highest BCUT2D eigenvalue weighted by atomic mass is 16.4. The number of anilines is 1. The lowest BCUT2D eigenvalue weighted by molar-refractivity contribution is -0.118. The molecule has 1 aromatic rings. The number of oxime groups is 1. The number of hydrogen-bond donors (Lipinski definition) is 2. The van der Waals surface area contributed by atoms with Gasteiger partial charge in [0.1, 0.15) is 0 Å². The summed E-state index contributed by atoms with van der Waals surface area (Å²) in [7, 11) is 0. The Hall–Kier alpha value is -1.84. The maximum absolute atomic E-state index is 11.9. The second kappa shape index (κ2) is 4.44. The summed E-state index contributed by atoms with van der Waals surface area (Å²) < 4.78 is 0. The Morgan fingerprint density at radius 1 is 1.39 bits per heavy atom. The summed E-state index contributed by atoms with van der Waals surface area (Å²) >= 11 is 0. The van der Waals surface area contributed by atoms with Gasteiger partial charge >= 0.3 is 0 Å². The zero-order chi connectivity index (χ0) is 13.3. The van der Waals surface area contributed by atoms with E-state index in [-0.39, 0.29) is 17.2 Å². The first kappa shape index (κ1) is 12.6. The first-order chi connectivity index (χ1) is 8.44. The molecule has 1 atom stereocenters. The molecule has 4 nitrogen and oxygen atoms in total. The smallest absolute Gasteiger partial charge is 0.228 e. The van der Waals surface area contributed by atoms with Crippen LogP contribution < -0.4 is 5.32 Å². The molecule has 0 heterocycles. The molecule has 2 rings (SSSR count). The fraction of sp³-hybridized carbons (Fsp3) is 0.429. The second-order valence-electron chi connectivity index (χ2n) is 5.50. The minimum absolute atomic E-state index is 0.0836. The number of benzene rings is 1. The minimum Gasteiger partial charge on any atom is -0.411 e. The third kappa shape index (κ3) is 2.53. The first-order valence-corrected chi connectivity index (χ1v) is 6.04. The fourth-order valence-corrected chi connectivity index (χ4v) is 2.00. The van der Waals surface area contributed by atoms with Crippen LogP contribution in [0.3, 0.4) is 0 Å². The molecule has 0 aromatic heterocycles. The molecule has 1 aliphatic carbocycles. The summed E-state index contributed by atoms with van der Waals surface area (Å²) in [6.07, 6.45) is 0.952. The van der Waals surface area contributed by atoms with E-state index >= 15 is 0 Å². The maximum atomic E-state index is 11.9. The molecule has 18 heavy (non-hydrogen) atoms. The van der Waals surface area contributed by atoms with Gasteiger partial charge in [0, 0.05) is 11.6 Å². The van der Waals surface area contributed by atoms with Gasteiger partial charge in [0.2, 0.25) is 5.91 Å². The summed E-state index contributed by atoms with van der Waals surface area (Å²) in [5.74, 6) is 0.207. The molecule has 2 N–H and O–H groups in total. The molecule has 0 saturated heterocycles. The van der Waals surface area contributed by atoms with Gasteiger partial charge in [-0.15, -0.1) is 0 Å². The van der Waals surface area contributed by atoms with Crippen LogP contribution in [0, 0.1) is 11.3 Å². The van der Waals surface area contributed by atoms with E-state index in [0.29, 0.717) is 5.71 Å². The maximum Gasteiger partial charge on any atom is 0.228 e. The monoisotopic (exact) mass is 246 g/mol. The number of nitrogens with zero attached hydrogens (tertiary/aromatic N) is 1. The van der Waals surface area contributed by atoms with Gasteiger partial charge in [-0.1, -0.05) is 31.1 Å². The van der Waals surface area contributed by atoms with E-state index in [1.807, 2.05) is 24.3 Å². The third-order valence-corrected chi connectivity index (χ3v) is 3.55. The van der Waals surface area contributed by atoms with Crippen molar-refractivity contribution in [2.75, 3.05) is 5.32 Å². The summed E-state index contributed by atoms with van der Waals surface area (Å²) in [6, 6.07) is 7.28. The molecular weight excluding hydrogens is 228 g/mol. The number of carbonyl (C=O) groups is 1. The van der Waals surface area contributed by atoms with Gasteiger partial charge in [0.05, 0.1) is 5.71 Å². The summed E-state index contributed by atoms with van der Waals surface area (Å²) in [5, 5.41) is 14.7. The average Bonchev–Trinajstić information content (AvgIpc) is 2.98. The molecule has 1 amide bonds. The van der Waals surface area contributed by atoms with Crippen molar-refractivity contribution < 1.29 is 10.0 Å². The Morgan fingerprint density at radius 2 is 1.94 bits per heavy atom. The van der Waals surface area contributed by atoms with Gasteiger partial charge in [-0.3, -0.25) is 4.79 Å². The Labute approximate surface area is 107 Å². The lowest BCUT2D eigenvalue weighted by Crippen LogP contribution is -2.16. The van der Waals surface area contributed by atoms with Gasteiger partial charge in [-0.2, -0.15) is 0 Å². The lowest BCUT2D eigenvalue weighted by Gasteiger charge is -2.07. The largest absolute Gasteiger partial charge is 0.411 e. The molecule has 0 spiro atoms. The Bertz CT molecular complexity index is 489. The number of nitrogens with one attached hydrogen (secondary N) is 1. The highest BCUT2D eigenvalue weighted by Gasteiger charge is 2.50. The summed E-state index contributed by atoms with van der Waals surface area (Å²) in [6.45, 7) is 5.92. The van der Waals surface area contributed by atoms with Crippen molar-refractivity contribution in [2.24, 2.45) is 16.5 Å². The van der Waals surface area contributed by atoms with E-state index in [4.69, 9.17) is 5.21 Å². The van der Waals surface area contributed by atoms with Crippen LogP contribution in [-0.4, -0.2) is 16.8 Å². The zero-order valence-electron chi connectivity index (χ0n) is 10.9. The molecular formula is C14H18N2O2. The molecule has 1 saturated carbocycles. The number of carbonyl (C=O) groups excluding carboxylic acids is 1. The quantitative estimate of drug-likeness (QED) is 0.489. The van der Waals surface area contributed by atoms with Crippen molar-refractivity contribution in [2.45, 2.75) is 27.2 Å². The second-order valence-corrected chi connectivity index (χ2v) is 5.50. The van der Waals surface area contributed by atoms with Crippen molar-refractivity contribution in [3.05, 3.63) is 29.8 Å². The minimum atomic E-state index is 0.0836. The van der Waals surface area contributed by atoms with E-state index in [1.54, 1.807) is 6.92 Å². The van der Waals surface area contributed by atoms with Gasteiger partial charge in [0.25, 0.3) is 0 Å². The molecule has 0 radical (unpaired) electrons. The van der Waals surface area contributed by atoms with Gasteiger partial charge in [-0.05, 0) is 36.5 Å². The van der Waals surface area contributed by atoms with Crippen LogP contribution in [0.1, 0.15) is 32.8 Å². The highest BCUT2D eigenvalue weighted by molar-refractivity contribution is 5.99. The Morgan fingerprint density at radius 3 is 2.39 bits per heavy atom. The van der Waals surface area contributed by atoms with Crippen LogP contribution in [-0.2, 0) is 4.79 Å². The van der Waals surface area contributed by atoms with Crippen LogP contribution in [0.4, 0.5) is 5.69 Å². The molecule has 0 bridgehead atoms. The fourth-order valence-electron chi connectivity index (χ4n) is 2.00. The van der Waals surface area contributed by atoms with E-state index in [9.17, 15) is 4.79 Å². The topological polar surface area (TPSA) is 61.7 Å². The van der Waals surface area contributed by atoms with Crippen LogP contribution >= 0.6 is 0 Å². The molecule has 0 aliphatic heterocycles. The van der Waals surface area contributed by atoms with Crippen LogP contribution in [0.25, 0.3) is 0 Å². The van der Waals surface area contributed by atoms with Gasteiger partial charge in [0.15, 0.2) is 0 Å². The predicted octanol–water partition coefficient (Wildman–Crippen LogP) is 2.87.